The molecule has 2 aromatic rings. The molecule has 2 aromatic carbocycles. The maximum absolute atomic E-state index is 6.16. The number of ether oxygens (including phenoxy) is 2. The number of nitrogens with two attached hydrogens (primary N) is 1. The smallest absolute Gasteiger partial charge is 0.189 e. The van der Waals surface area contributed by atoms with Crippen molar-refractivity contribution in [2.75, 3.05) is 6.79 Å². The van der Waals surface area contributed by atoms with Crippen molar-refractivity contribution in [2.45, 2.75) is 18.9 Å². The largest absolute Gasteiger partial charge is 0.467 e. The molecule has 2 N–H and O–H groups in total. The zero-order valence-electron chi connectivity index (χ0n) is 12.5. The first-order chi connectivity index (χ1) is 11.2. The fraction of sp³-hybridized carbons (Fsp3) is 0.235. The number of amidine groups is 1. The molecule has 120 valence electrons. The quantitative estimate of drug-likeness (QED) is 0.671. The molecule has 0 atom stereocenters. The van der Waals surface area contributed by atoms with Crippen molar-refractivity contribution in [1.29, 1.82) is 0 Å². The van der Waals surface area contributed by atoms with E-state index in [4.69, 9.17) is 26.8 Å². The lowest BCUT2D eigenvalue weighted by molar-refractivity contribution is -0.0168. The van der Waals surface area contributed by atoms with Crippen molar-refractivity contribution in [1.82, 2.24) is 0 Å². The fourth-order valence-electron chi connectivity index (χ4n) is 2.31. The van der Waals surface area contributed by atoms with Gasteiger partial charge in [0, 0.05) is 21.9 Å². The number of hydrogen-bond donors (Lipinski definition) is 1. The summed E-state index contributed by atoms with van der Waals surface area (Å²) >= 11 is 7.64. The number of halogens is 1. The SMILES string of the molecule is NC(=NCc1ccccc1)SCc1cc(Cl)cc2c1OCOC2. The molecule has 6 heteroatoms. The van der Waals surface area contributed by atoms with Crippen molar-refractivity contribution in [3.8, 4) is 5.75 Å². The van der Waals surface area contributed by atoms with Gasteiger partial charge in [0.05, 0.1) is 13.2 Å². The molecular formula is C17H17ClN2O2S. The van der Waals surface area contributed by atoms with E-state index in [1.807, 2.05) is 42.5 Å². The summed E-state index contributed by atoms with van der Waals surface area (Å²) in [7, 11) is 0. The van der Waals surface area contributed by atoms with E-state index >= 15 is 0 Å². The zero-order valence-corrected chi connectivity index (χ0v) is 14.1. The molecule has 0 amide bonds. The molecule has 0 saturated heterocycles. The first kappa shape index (κ1) is 16.2. The summed E-state index contributed by atoms with van der Waals surface area (Å²) in [6.07, 6.45) is 0. The van der Waals surface area contributed by atoms with Gasteiger partial charge >= 0.3 is 0 Å². The molecule has 23 heavy (non-hydrogen) atoms. The molecule has 0 bridgehead atoms. The maximum Gasteiger partial charge on any atom is 0.189 e. The van der Waals surface area contributed by atoms with Crippen molar-refractivity contribution >= 4 is 28.5 Å². The van der Waals surface area contributed by atoms with Gasteiger partial charge in [0.2, 0.25) is 0 Å². The van der Waals surface area contributed by atoms with Crippen molar-refractivity contribution in [2.24, 2.45) is 10.7 Å². The summed E-state index contributed by atoms with van der Waals surface area (Å²) in [6, 6.07) is 13.8. The number of hydrogen-bond acceptors (Lipinski definition) is 4. The van der Waals surface area contributed by atoms with Crippen LogP contribution in [0, 0.1) is 0 Å². The number of thioether (sulfide) groups is 1. The minimum Gasteiger partial charge on any atom is -0.467 e. The average Bonchev–Trinajstić information content (AvgIpc) is 2.58. The predicted octanol–water partition coefficient (Wildman–Crippen LogP) is 3.95. The number of fused-ring (bicyclic) bond motifs is 1. The van der Waals surface area contributed by atoms with E-state index in [0.717, 1.165) is 22.4 Å². The van der Waals surface area contributed by atoms with Gasteiger partial charge in [-0.1, -0.05) is 53.7 Å². The second-order valence-corrected chi connectivity index (χ2v) is 6.52. The lowest BCUT2D eigenvalue weighted by atomic mass is 10.1. The van der Waals surface area contributed by atoms with Gasteiger partial charge in [-0.05, 0) is 17.7 Å². The zero-order chi connectivity index (χ0) is 16.1. The third-order valence-electron chi connectivity index (χ3n) is 3.39. The Bertz CT molecular complexity index is 707. The predicted molar refractivity (Wildman–Crippen MR) is 94.8 cm³/mol. The Morgan fingerprint density at radius 1 is 1.26 bits per heavy atom. The van der Waals surface area contributed by atoms with Crippen LogP contribution in [0.4, 0.5) is 0 Å². The minimum atomic E-state index is 0.268. The van der Waals surface area contributed by atoms with E-state index < -0.39 is 0 Å². The molecule has 0 fully saturated rings. The van der Waals surface area contributed by atoms with Gasteiger partial charge in [0.1, 0.15) is 5.75 Å². The number of rotatable bonds is 4. The van der Waals surface area contributed by atoms with Gasteiger partial charge in [-0.3, -0.25) is 4.99 Å². The molecule has 1 aliphatic rings. The summed E-state index contributed by atoms with van der Waals surface area (Å²) in [5.41, 5.74) is 9.12. The molecule has 0 spiro atoms. The summed E-state index contributed by atoms with van der Waals surface area (Å²) < 4.78 is 10.9. The van der Waals surface area contributed by atoms with E-state index in [9.17, 15) is 0 Å². The van der Waals surface area contributed by atoms with Crippen LogP contribution >= 0.6 is 23.4 Å². The first-order valence-electron chi connectivity index (χ1n) is 7.21. The Kier molecular flexibility index (Phi) is 5.43. The van der Waals surface area contributed by atoms with Gasteiger partial charge in [0.15, 0.2) is 12.0 Å². The van der Waals surface area contributed by atoms with Crippen LogP contribution < -0.4 is 10.5 Å². The van der Waals surface area contributed by atoms with Crippen LogP contribution in [0.3, 0.4) is 0 Å². The summed E-state index contributed by atoms with van der Waals surface area (Å²) in [5.74, 6) is 1.51. The Morgan fingerprint density at radius 2 is 2.09 bits per heavy atom. The van der Waals surface area contributed by atoms with E-state index in [2.05, 4.69) is 4.99 Å². The highest BCUT2D eigenvalue weighted by Crippen LogP contribution is 2.33. The topological polar surface area (TPSA) is 56.8 Å². The van der Waals surface area contributed by atoms with E-state index in [1.165, 1.54) is 11.8 Å². The van der Waals surface area contributed by atoms with Crippen LogP contribution in [0.5, 0.6) is 5.75 Å². The number of nitrogens with zero attached hydrogens (tertiary/aromatic N) is 1. The van der Waals surface area contributed by atoms with E-state index in [1.54, 1.807) is 0 Å². The highest BCUT2D eigenvalue weighted by molar-refractivity contribution is 8.13. The minimum absolute atomic E-state index is 0.268. The molecule has 0 saturated carbocycles. The molecular weight excluding hydrogens is 332 g/mol. The Balaban J connectivity index is 1.65. The van der Waals surface area contributed by atoms with Gasteiger partial charge < -0.3 is 15.2 Å². The molecule has 0 aliphatic carbocycles. The first-order valence-corrected chi connectivity index (χ1v) is 8.57. The average molecular weight is 349 g/mol. The fourth-order valence-corrected chi connectivity index (χ4v) is 3.25. The molecule has 0 radical (unpaired) electrons. The Morgan fingerprint density at radius 3 is 2.91 bits per heavy atom. The number of aliphatic imine (C=N–C) groups is 1. The van der Waals surface area contributed by atoms with Crippen LogP contribution in [0.15, 0.2) is 47.5 Å². The Hall–Kier alpha value is -1.69. The molecule has 0 unspecified atom stereocenters. The van der Waals surface area contributed by atoms with Crippen molar-refractivity contribution in [3.05, 3.63) is 64.2 Å². The highest BCUT2D eigenvalue weighted by atomic mass is 35.5. The maximum atomic E-state index is 6.16. The number of benzene rings is 2. The standard InChI is InChI=1S/C17H17ClN2O2S/c18-15-6-13-9-21-11-22-16(13)14(7-15)10-23-17(19)20-8-12-4-2-1-3-5-12/h1-7H,8-11H2,(H2,19,20). The van der Waals surface area contributed by atoms with Gasteiger partial charge in [-0.25, -0.2) is 0 Å². The lowest BCUT2D eigenvalue weighted by Gasteiger charge is -2.21. The van der Waals surface area contributed by atoms with Gasteiger partial charge in [-0.15, -0.1) is 0 Å². The van der Waals surface area contributed by atoms with E-state index in [0.29, 0.717) is 29.1 Å². The van der Waals surface area contributed by atoms with Crippen molar-refractivity contribution < 1.29 is 9.47 Å². The molecule has 1 aliphatic heterocycles. The van der Waals surface area contributed by atoms with Crippen molar-refractivity contribution in [3.63, 3.8) is 0 Å². The van der Waals surface area contributed by atoms with Crippen LogP contribution in [0.1, 0.15) is 16.7 Å². The van der Waals surface area contributed by atoms with Crippen LogP contribution in [0.2, 0.25) is 5.02 Å². The highest BCUT2D eigenvalue weighted by Gasteiger charge is 2.16. The summed E-state index contributed by atoms with van der Waals surface area (Å²) in [6.45, 7) is 1.37. The third kappa shape index (κ3) is 4.41. The summed E-state index contributed by atoms with van der Waals surface area (Å²) in [5, 5.41) is 1.22. The molecule has 4 nitrogen and oxygen atoms in total. The Labute approximate surface area is 144 Å². The molecule has 0 aromatic heterocycles. The molecule has 1 heterocycles. The monoisotopic (exact) mass is 348 g/mol. The second kappa shape index (κ2) is 7.73. The van der Waals surface area contributed by atoms with Crippen LogP contribution in [-0.2, 0) is 23.6 Å². The van der Waals surface area contributed by atoms with E-state index in [-0.39, 0.29) is 6.79 Å². The van der Waals surface area contributed by atoms with Gasteiger partial charge in [-0.2, -0.15) is 0 Å². The normalized spacial score (nSPS) is 14.2. The molecule has 3 rings (SSSR count). The lowest BCUT2D eigenvalue weighted by Crippen LogP contribution is -2.13. The van der Waals surface area contributed by atoms with Crippen LogP contribution in [0.25, 0.3) is 0 Å². The third-order valence-corrected chi connectivity index (χ3v) is 4.49. The van der Waals surface area contributed by atoms with Gasteiger partial charge in [0.25, 0.3) is 0 Å². The summed E-state index contributed by atoms with van der Waals surface area (Å²) in [4.78, 5) is 4.40. The second-order valence-electron chi connectivity index (χ2n) is 5.09. The van der Waals surface area contributed by atoms with Crippen LogP contribution in [-0.4, -0.2) is 12.0 Å².